The van der Waals surface area contributed by atoms with E-state index in [-0.39, 0.29) is 24.3 Å². The van der Waals surface area contributed by atoms with Crippen LogP contribution in [0.1, 0.15) is 33.6 Å². The van der Waals surface area contributed by atoms with Crippen LogP contribution in [-0.2, 0) is 9.59 Å². The normalized spacial score (nSPS) is 11.7. The summed E-state index contributed by atoms with van der Waals surface area (Å²) < 4.78 is 5.09. The lowest BCUT2D eigenvalue weighted by atomic mass is 10.2. The molecule has 0 fully saturated rings. The fourth-order valence-corrected chi connectivity index (χ4v) is 2.21. The summed E-state index contributed by atoms with van der Waals surface area (Å²) in [6, 6.07) is 5.24. The zero-order valence-electron chi connectivity index (χ0n) is 13.5. The molecule has 5 nitrogen and oxygen atoms in total. The van der Waals surface area contributed by atoms with E-state index in [0.717, 1.165) is 6.42 Å². The second-order valence-electron chi connectivity index (χ2n) is 5.12. The van der Waals surface area contributed by atoms with Crippen LogP contribution in [0.15, 0.2) is 18.2 Å². The van der Waals surface area contributed by atoms with Crippen molar-refractivity contribution < 1.29 is 14.3 Å². The van der Waals surface area contributed by atoms with Gasteiger partial charge in [0.15, 0.2) is 0 Å². The summed E-state index contributed by atoms with van der Waals surface area (Å²) in [6.45, 7) is 5.72. The zero-order valence-corrected chi connectivity index (χ0v) is 14.2. The van der Waals surface area contributed by atoms with Crippen molar-refractivity contribution in [2.45, 2.75) is 39.7 Å². The number of anilines is 1. The Morgan fingerprint density at radius 1 is 1.41 bits per heavy atom. The largest absolute Gasteiger partial charge is 0.495 e. The number of nitrogens with one attached hydrogen (secondary N) is 1. The molecule has 0 radical (unpaired) electrons. The van der Waals surface area contributed by atoms with E-state index in [2.05, 4.69) is 5.32 Å². The SMILES string of the molecule is CCC(C)NC(=O)CCN(C(C)=O)c1ccc(OC)c(Cl)c1. The molecule has 22 heavy (non-hydrogen) atoms. The highest BCUT2D eigenvalue weighted by molar-refractivity contribution is 6.32. The Balaban J connectivity index is 2.76. The number of ether oxygens (including phenoxy) is 1. The highest BCUT2D eigenvalue weighted by Crippen LogP contribution is 2.29. The third-order valence-electron chi connectivity index (χ3n) is 3.41. The number of methoxy groups -OCH3 is 1. The summed E-state index contributed by atoms with van der Waals surface area (Å²) in [5.41, 5.74) is 0.648. The maximum absolute atomic E-state index is 11.8. The van der Waals surface area contributed by atoms with Gasteiger partial charge in [0.2, 0.25) is 11.8 Å². The maximum Gasteiger partial charge on any atom is 0.223 e. The van der Waals surface area contributed by atoms with Gasteiger partial charge in [-0.05, 0) is 31.5 Å². The maximum atomic E-state index is 11.8. The van der Waals surface area contributed by atoms with Crippen molar-refractivity contribution in [3.05, 3.63) is 23.2 Å². The van der Waals surface area contributed by atoms with Gasteiger partial charge >= 0.3 is 0 Å². The number of rotatable bonds is 7. The van der Waals surface area contributed by atoms with E-state index >= 15 is 0 Å². The minimum Gasteiger partial charge on any atom is -0.495 e. The van der Waals surface area contributed by atoms with E-state index in [4.69, 9.17) is 16.3 Å². The van der Waals surface area contributed by atoms with Gasteiger partial charge in [-0.25, -0.2) is 0 Å². The van der Waals surface area contributed by atoms with Crippen LogP contribution in [0.5, 0.6) is 5.75 Å². The molecule has 0 aliphatic heterocycles. The van der Waals surface area contributed by atoms with Crippen molar-refractivity contribution in [1.82, 2.24) is 5.32 Å². The van der Waals surface area contributed by atoms with Crippen LogP contribution in [0.4, 0.5) is 5.69 Å². The monoisotopic (exact) mass is 326 g/mol. The van der Waals surface area contributed by atoms with Crippen molar-refractivity contribution in [2.24, 2.45) is 0 Å². The molecule has 2 amide bonds. The van der Waals surface area contributed by atoms with Crippen molar-refractivity contribution in [3.8, 4) is 5.75 Å². The smallest absolute Gasteiger partial charge is 0.223 e. The first-order valence-electron chi connectivity index (χ1n) is 7.30. The van der Waals surface area contributed by atoms with Gasteiger partial charge in [-0.15, -0.1) is 0 Å². The lowest BCUT2D eigenvalue weighted by Crippen LogP contribution is -2.36. The van der Waals surface area contributed by atoms with E-state index in [9.17, 15) is 9.59 Å². The van der Waals surface area contributed by atoms with Crippen LogP contribution in [0, 0.1) is 0 Å². The highest BCUT2D eigenvalue weighted by atomic mass is 35.5. The topological polar surface area (TPSA) is 58.6 Å². The van der Waals surface area contributed by atoms with Gasteiger partial charge in [-0.3, -0.25) is 9.59 Å². The van der Waals surface area contributed by atoms with Crippen LogP contribution in [0.2, 0.25) is 5.02 Å². The van der Waals surface area contributed by atoms with E-state index in [1.165, 1.54) is 18.9 Å². The summed E-state index contributed by atoms with van der Waals surface area (Å²) in [5, 5.41) is 3.31. The number of benzene rings is 1. The molecule has 0 aliphatic carbocycles. The second kappa shape index (κ2) is 8.63. The molecular weight excluding hydrogens is 304 g/mol. The quantitative estimate of drug-likeness (QED) is 0.838. The number of amides is 2. The molecule has 0 saturated heterocycles. The van der Waals surface area contributed by atoms with E-state index < -0.39 is 0 Å². The fraction of sp³-hybridized carbons (Fsp3) is 0.500. The molecule has 0 heterocycles. The van der Waals surface area contributed by atoms with Crippen LogP contribution >= 0.6 is 11.6 Å². The standard InChI is InChI=1S/C16H23ClN2O3/c1-5-11(2)18-16(21)8-9-19(12(3)20)13-6-7-15(22-4)14(17)10-13/h6-7,10-11H,5,8-9H2,1-4H3,(H,18,21). The second-order valence-corrected chi connectivity index (χ2v) is 5.52. The van der Waals surface area contributed by atoms with Gasteiger partial charge in [0.1, 0.15) is 5.75 Å². The van der Waals surface area contributed by atoms with E-state index in [1.807, 2.05) is 13.8 Å². The first kappa shape index (κ1) is 18.3. The summed E-state index contributed by atoms with van der Waals surface area (Å²) >= 11 is 6.09. The Kier molecular flexibility index (Phi) is 7.18. The molecule has 122 valence electrons. The number of carbonyl (C=O) groups is 2. The number of hydrogen-bond donors (Lipinski definition) is 1. The van der Waals surface area contributed by atoms with Crippen LogP contribution in [0.25, 0.3) is 0 Å². The lowest BCUT2D eigenvalue weighted by molar-refractivity contribution is -0.121. The van der Waals surface area contributed by atoms with Crippen molar-refractivity contribution in [1.29, 1.82) is 0 Å². The van der Waals surface area contributed by atoms with E-state index in [1.54, 1.807) is 18.2 Å². The Bertz CT molecular complexity index is 534. The molecule has 1 aromatic rings. The van der Waals surface area contributed by atoms with Gasteiger partial charge in [0, 0.05) is 31.6 Å². The third kappa shape index (κ3) is 5.22. The average molecular weight is 327 g/mol. The van der Waals surface area contributed by atoms with Gasteiger partial charge < -0.3 is 15.0 Å². The van der Waals surface area contributed by atoms with Crippen molar-refractivity contribution in [3.63, 3.8) is 0 Å². The van der Waals surface area contributed by atoms with Gasteiger partial charge in [0.05, 0.1) is 12.1 Å². The Labute approximate surface area is 136 Å². The van der Waals surface area contributed by atoms with Crippen molar-refractivity contribution in [2.75, 3.05) is 18.6 Å². The third-order valence-corrected chi connectivity index (χ3v) is 3.70. The molecule has 0 saturated carbocycles. The number of halogens is 1. The first-order valence-corrected chi connectivity index (χ1v) is 7.67. The summed E-state index contributed by atoms with van der Waals surface area (Å²) in [6.07, 6.45) is 1.11. The van der Waals surface area contributed by atoms with Gasteiger partial charge in [-0.1, -0.05) is 18.5 Å². The molecule has 1 rings (SSSR count). The summed E-state index contributed by atoms with van der Waals surface area (Å²) in [7, 11) is 1.53. The highest BCUT2D eigenvalue weighted by Gasteiger charge is 2.15. The van der Waals surface area contributed by atoms with Crippen LogP contribution in [0.3, 0.4) is 0 Å². The molecule has 1 aromatic carbocycles. The molecule has 1 atom stereocenters. The predicted molar refractivity (Wildman–Crippen MR) is 88.5 cm³/mol. The van der Waals surface area contributed by atoms with Crippen LogP contribution < -0.4 is 15.0 Å². The Morgan fingerprint density at radius 2 is 2.09 bits per heavy atom. The number of nitrogens with zero attached hydrogens (tertiary/aromatic N) is 1. The molecule has 6 heteroatoms. The fourth-order valence-electron chi connectivity index (χ4n) is 1.95. The van der Waals surface area contributed by atoms with Crippen LogP contribution in [-0.4, -0.2) is 31.5 Å². The molecule has 1 unspecified atom stereocenters. The molecule has 1 N–H and O–H groups in total. The minimum absolute atomic E-state index is 0.0693. The van der Waals surface area contributed by atoms with Gasteiger partial charge in [0.25, 0.3) is 0 Å². The predicted octanol–water partition coefficient (Wildman–Crippen LogP) is 3.01. The Morgan fingerprint density at radius 3 is 2.59 bits per heavy atom. The minimum atomic E-state index is -0.141. The summed E-state index contributed by atoms with van der Waals surface area (Å²) in [4.78, 5) is 25.2. The lowest BCUT2D eigenvalue weighted by Gasteiger charge is -2.22. The summed E-state index contributed by atoms with van der Waals surface area (Å²) in [5.74, 6) is 0.334. The van der Waals surface area contributed by atoms with Crippen molar-refractivity contribution >= 4 is 29.1 Å². The Hall–Kier alpha value is -1.75. The molecule has 0 aliphatic rings. The molecular formula is C16H23ClN2O3. The van der Waals surface area contributed by atoms with Gasteiger partial charge in [-0.2, -0.15) is 0 Å². The number of carbonyl (C=O) groups excluding carboxylic acids is 2. The van der Waals surface area contributed by atoms with E-state index in [0.29, 0.717) is 23.0 Å². The zero-order chi connectivity index (χ0) is 16.7. The molecule has 0 spiro atoms. The number of hydrogen-bond acceptors (Lipinski definition) is 3. The average Bonchev–Trinajstić information content (AvgIpc) is 2.47. The molecule has 0 bridgehead atoms. The molecule has 0 aromatic heterocycles. The first-order chi connectivity index (χ1) is 10.4.